The smallest absolute Gasteiger partial charge is 0.343 e. The Labute approximate surface area is 65.2 Å². The van der Waals surface area contributed by atoms with Crippen LogP contribution in [0.25, 0.3) is 0 Å². The van der Waals surface area contributed by atoms with Gasteiger partial charge in [-0.2, -0.15) is 0 Å². The highest BCUT2D eigenvalue weighted by atomic mass is 16.6. The lowest BCUT2D eigenvalue weighted by Gasteiger charge is -2.19. The van der Waals surface area contributed by atoms with Gasteiger partial charge in [0.25, 0.3) is 0 Å². The zero-order valence-electron chi connectivity index (χ0n) is 6.75. The van der Waals surface area contributed by atoms with Crippen LogP contribution < -0.4 is 0 Å². The summed E-state index contributed by atoms with van der Waals surface area (Å²) in [5.74, 6) is -0.965. The lowest BCUT2D eigenvalue weighted by molar-refractivity contribution is -0.161. The Hall–Kier alpha value is -0.900. The van der Waals surface area contributed by atoms with Crippen LogP contribution in [0.15, 0.2) is 0 Å². The third kappa shape index (κ3) is 4.50. The number of ether oxygens (including phenoxy) is 1. The van der Waals surface area contributed by atoms with E-state index in [1.165, 1.54) is 0 Å². The zero-order valence-corrected chi connectivity index (χ0v) is 6.75. The van der Waals surface area contributed by atoms with E-state index in [1.54, 1.807) is 20.8 Å². The first kappa shape index (κ1) is 10.1. The SMILES string of the molecule is CC(C)(C)OC(=O)C(O)[C]=O. The molecule has 0 rings (SSSR count). The second kappa shape index (κ2) is 3.48. The van der Waals surface area contributed by atoms with Crippen molar-refractivity contribution < 1.29 is 19.4 Å². The van der Waals surface area contributed by atoms with Crippen LogP contribution in [0.4, 0.5) is 0 Å². The van der Waals surface area contributed by atoms with Gasteiger partial charge < -0.3 is 9.84 Å². The Kier molecular flexibility index (Phi) is 3.19. The van der Waals surface area contributed by atoms with Crippen LogP contribution in [0, 0.1) is 0 Å². The third-order valence-corrected chi connectivity index (χ3v) is 0.742. The second-order valence-electron chi connectivity index (χ2n) is 3.05. The maximum absolute atomic E-state index is 10.7. The Morgan fingerprint density at radius 1 is 1.55 bits per heavy atom. The summed E-state index contributed by atoms with van der Waals surface area (Å²) in [7, 11) is 0. The highest BCUT2D eigenvalue weighted by Crippen LogP contribution is 2.07. The molecule has 0 aliphatic carbocycles. The molecule has 0 aromatic heterocycles. The maximum atomic E-state index is 10.7. The van der Waals surface area contributed by atoms with Gasteiger partial charge in [-0.1, -0.05) is 0 Å². The molecule has 4 heteroatoms. The lowest BCUT2D eigenvalue weighted by Crippen LogP contribution is -2.32. The van der Waals surface area contributed by atoms with Crippen molar-refractivity contribution in [1.82, 2.24) is 0 Å². The summed E-state index contributed by atoms with van der Waals surface area (Å²) in [4.78, 5) is 20.4. The van der Waals surface area contributed by atoms with Gasteiger partial charge in [-0.15, -0.1) is 0 Å². The highest BCUT2D eigenvalue weighted by molar-refractivity contribution is 5.90. The first-order chi connectivity index (χ1) is 4.87. The number of aliphatic hydroxyl groups excluding tert-OH is 1. The summed E-state index contributed by atoms with van der Waals surface area (Å²) in [5, 5.41) is 8.59. The predicted octanol–water partition coefficient (Wildman–Crippen LogP) is -0.201. The first-order valence-corrected chi connectivity index (χ1v) is 3.15. The fourth-order valence-electron chi connectivity index (χ4n) is 0.406. The van der Waals surface area contributed by atoms with Gasteiger partial charge >= 0.3 is 5.97 Å². The van der Waals surface area contributed by atoms with Crippen LogP contribution in [-0.2, 0) is 14.3 Å². The Morgan fingerprint density at radius 2 is 2.00 bits per heavy atom. The van der Waals surface area contributed by atoms with E-state index in [4.69, 9.17) is 5.11 Å². The molecule has 0 heterocycles. The van der Waals surface area contributed by atoms with Gasteiger partial charge in [-0.25, -0.2) is 4.79 Å². The molecule has 63 valence electrons. The van der Waals surface area contributed by atoms with Crippen molar-refractivity contribution >= 4 is 12.3 Å². The molecule has 0 aromatic rings. The van der Waals surface area contributed by atoms with Gasteiger partial charge in [-0.3, -0.25) is 4.79 Å². The predicted molar refractivity (Wildman–Crippen MR) is 37.5 cm³/mol. The van der Waals surface area contributed by atoms with Gasteiger partial charge in [0.2, 0.25) is 12.4 Å². The van der Waals surface area contributed by atoms with Crippen molar-refractivity contribution in [2.24, 2.45) is 0 Å². The third-order valence-electron chi connectivity index (χ3n) is 0.742. The summed E-state index contributed by atoms with van der Waals surface area (Å²) in [6.07, 6.45) is -0.665. The monoisotopic (exact) mass is 159 g/mol. The molecular weight excluding hydrogens is 148 g/mol. The number of rotatable bonds is 2. The van der Waals surface area contributed by atoms with E-state index in [-0.39, 0.29) is 0 Å². The van der Waals surface area contributed by atoms with Crippen molar-refractivity contribution in [3.8, 4) is 0 Å². The fraction of sp³-hybridized carbons (Fsp3) is 0.714. The summed E-state index contributed by atoms with van der Waals surface area (Å²) in [6.45, 7) is 4.92. The van der Waals surface area contributed by atoms with Gasteiger partial charge in [-0.05, 0) is 20.8 Å². The molecule has 11 heavy (non-hydrogen) atoms. The lowest BCUT2D eigenvalue weighted by atomic mass is 10.2. The summed E-state index contributed by atoms with van der Waals surface area (Å²) < 4.78 is 4.64. The molecule has 4 nitrogen and oxygen atoms in total. The fourth-order valence-corrected chi connectivity index (χ4v) is 0.406. The number of hydrogen-bond donors (Lipinski definition) is 1. The van der Waals surface area contributed by atoms with Crippen molar-refractivity contribution in [3.63, 3.8) is 0 Å². The Bertz CT molecular complexity index is 156. The molecule has 0 amide bonds. The van der Waals surface area contributed by atoms with Crippen molar-refractivity contribution in [3.05, 3.63) is 0 Å². The number of carbonyl (C=O) groups excluding carboxylic acids is 2. The normalized spacial score (nSPS) is 13.8. The molecule has 1 atom stereocenters. The largest absolute Gasteiger partial charge is 0.458 e. The van der Waals surface area contributed by atoms with E-state index in [0.717, 1.165) is 6.29 Å². The summed E-state index contributed by atoms with van der Waals surface area (Å²) >= 11 is 0. The molecular formula is C7H11O4. The zero-order chi connectivity index (χ0) is 9.07. The first-order valence-electron chi connectivity index (χ1n) is 3.15. The number of aliphatic hydroxyl groups is 1. The van der Waals surface area contributed by atoms with E-state index in [0.29, 0.717) is 0 Å². The number of hydrogen-bond acceptors (Lipinski definition) is 4. The molecule has 1 radical (unpaired) electrons. The van der Waals surface area contributed by atoms with Crippen LogP contribution >= 0.6 is 0 Å². The average molecular weight is 159 g/mol. The van der Waals surface area contributed by atoms with E-state index < -0.39 is 17.7 Å². The van der Waals surface area contributed by atoms with E-state index in [9.17, 15) is 9.59 Å². The molecule has 0 aliphatic rings. The van der Waals surface area contributed by atoms with Gasteiger partial charge in [0, 0.05) is 0 Å². The molecule has 0 bridgehead atoms. The van der Waals surface area contributed by atoms with Crippen LogP contribution in [0.2, 0.25) is 0 Å². The highest BCUT2D eigenvalue weighted by Gasteiger charge is 2.22. The van der Waals surface area contributed by atoms with Crippen LogP contribution in [0.5, 0.6) is 0 Å². The van der Waals surface area contributed by atoms with Crippen LogP contribution in [0.1, 0.15) is 20.8 Å². The van der Waals surface area contributed by atoms with Gasteiger partial charge in [0.05, 0.1) is 0 Å². The number of esters is 1. The molecule has 1 unspecified atom stereocenters. The minimum Gasteiger partial charge on any atom is -0.458 e. The van der Waals surface area contributed by atoms with Crippen LogP contribution in [-0.4, -0.2) is 29.1 Å². The van der Waals surface area contributed by atoms with Gasteiger partial charge in [0.1, 0.15) is 5.60 Å². The quantitative estimate of drug-likeness (QED) is 0.447. The molecule has 0 saturated carbocycles. The van der Waals surface area contributed by atoms with Crippen LogP contribution in [0.3, 0.4) is 0 Å². The van der Waals surface area contributed by atoms with Crippen molar-refractivity contribution in [1.29, 1.82) is 0 Å². The molecule has 0 saturated heterocycles. The standard InChI is InChI=1S/C7H11O4/c1-7(2,3)11-6(10)5(9)4-8/h5,9H,1-3H3. The van der Waals surface area contributed by atoms with Crippen molar-refractivity contribution in [2.45, 2.75) is 32.5 Å². The summed E-state index contributed by atoms with van der Waals surface area (Å²) in [6, 6.07) is 0. The van der Waals surface area contributed by atoms with Crippen molar-refractivity contribution in [2.75, 3.05) is 0 Å². The molecule has 0 aromatic carbocycles. The molecule has 1 N–H and O–H groups in total. The minimum atomic E-state index is -1.78. The van der Waals surface area contributed by atoms with E-state index in [1.807, 2.05) is 0 Å². The Morgan fingerprint density at radius 3 is 2.27 bits per heavy atom. The molecule has 0 spiro atoms. The summed E-state index contributed by atoms with van der Waals surface area (Å²) in [5.41, 5.74) is -0.686. The molecule has 0 fully saturated rings. The second-order valence-corrected chi connectivity index (χ2v) is 3.05. The minimum absolute atomic E-state index is 0.686. The molecule has 0 aliphatic heterocycles. The number of carbonyl (C=O) groups is 1. The maximum Gasteiger partial charge on any atom is 0.343 e. The van der Waals surface area contributed by atoms with E-state index in [2.05, 4.69) is 4.74 Å². The average Bonchev–Trinajstić information content (AvgIpc) is 1.82. The van der Waals surface area contributed by atoms with E-state index >= 15 is 0 Å². The Balaban J connectivity index is 3.98. The van der Waals surface area contributed by atoms with Gasteiger partial charge in [0.15, 0.2) is 0 Å². The topological polar surface area (TPSA) is 63.6 Å².